The van der Waals surface area contributed by atoms with Crippen LogP contribution in [0, 0.1) is 0 Å². The van der Waals surface area contributed by atoms with Gasteiger partial charge in [0.05, 0.1) is 37.4 Å². The summed E-state index contributed by atoms with van der Waals surface area (Å²) in [5, 5.41) is 20.7. The van der Waals surface area contributed by atoms with Gasteiger partial charge in [0.1, 0.15) is 36.2 Å². The van der Waals surface area contributed by atoms with Gasteiger partial charge in [-0.2, -0.15) is 0 Å². The maximum atomic E-state index is 12.5. The Bertz CT molecular complexity index is 1330. The minimum atomic E-state index is -0.950. The highest BCUT2D eigenvalue weighted by molar-refractivity contribution is 6.09. The van der Waals surface area contributed by atoms with E-state index in [0.717, 1.165) is 11.8 Å². The van der Waals surface area contributed by atoms with E-state index in [1.165, 1.54) is 13.8 Å². The predicted octanol–water partition coefficient (Wildman–Crippen LogP) is 5.23. The molecule has 208 valence electrons. The number of carbonyl (C=O) groups is 3. The Kier molecular flexibility index (Phi) is 10.7. The molecule has 0 saturated carbocycles. The average molecular weight is 539 g/mol. The molecule has 0 bridgehead atoms. The average Bonchev–Trinajstić information content (AvgIpc) is 2.89. The van der Waals surface area contributed by atoms with Gasteiger partial charge in [0.2, 0.25) is 0 Å². The van der Waals surface area contributed by atoms with Crippen LogP contribution in [0.2, 0.25) is 0 Å². The first-order valence-corrected chi connectivity index (χ1v) is 12.8. The van der Waals surface area contributed by atoms with Crippen molar-refractivity contribution in [3.63, 3.8) is 0 Å². The Morgan fingerprint density at radius 1 is 0.795 bits per heavy atom. The number of aromatic hydroxyl groups is 1. The number of carboxylic acids is 1. The number of phenols is 1. The van der Waals surface area contributed by atoms with Gasteiger partial charge in [0, 0.05) is 5.56 Å². The SMILES string of the molecule is CCCc1c(OCCOCCOc2ccc3ccc(OCCC(=O)O)cc3c2C(C)=O)ccc(C(C)=O)c1O. The maximum Gasteiger partial charge on any atom is 0.306 e. The zero-order valence-corrected chi connectivity index (χ0v) is 22.5. The van der Waals surface area contributed by atoms with E-state index in [1.54, 1.807) is 30.3 Å². The number of ketones is 2. The summed E-state index contributed by atoms with van der Waals surface area (Å²) in [4.78, 5) is 34.9. The van der Waals surface area contributed by atoms with Crippen molar-refractivity contribution >= 4 is 28.3 Å². The first-order valence-electron chi connectivity index (χ1n) is 12.8. The van der Waals surface area contributed by atoms with Crippen LogP contribution in [0.4, 0.5) is 0 Å². The topological polar surface area (TPSA) is 129 Å². The van der Waals surface area contributed by atoms with Crippen LogP contribution in [0.3, 0.4) is 0 Å². The summed E-state index contributed by atoms with van der Waals surface area (Å²) in [6, 6.07) is 12.1. The molecule has 2 N–H and O–H groups in total. The number of carboxylic acid groups (broad SMARTS) is 1. The van der Waals surface area contributed by atoms with Crippen LogP contribution in [0.25, 0.3) is 10.8 Å². The van der Waals surface area contributed by atoms with Gasteiger partial charge in [-0.25, -0.2) is 0 Å². The Hall–Kier alpha value is -4.11. The number of Topliss-reactive ketones (excluding diaryl/α,β-unsaturated/α-hetero) is 2. The van der Waals surface area contributed by atoms with Crippen LogP contribution in [-0.4, -0.2) is 60.8 Å². The molecule has 0 spiro atoms. The lowest BCUT2D eigenvalue weighted by atomic mass is 10.0. The molecule has 0 radical (unpaired) electrons. The molecule has 0 unspecified atom stereocenters. The third-order valence-electron chi connectivity index (χ3n) is 5.98. The van der Waals surface area contributed by atoms with E-state index >= 15 is 0 Å². The normalized spacial score (nSPS) is 10.8. The fraction of sp³-hybridized carbons (Fsp3) is 0.367. The zero-order chi connectivity index (χ0) is 28.4. The van der Waals surface area contributed by atoms with Crippen molar-refractivity contribution in [3.05, 3.63) is 59.2 Å². The van der Waals surface area contributed by atoms with Gasteiger partial charge in [-0.1, -0.05) is 25.5 Å². The summed E-state index contributed by atoms with van der Waals surface area (Å²) in [6.45, 7) is 5.86. The minimum absolute atomic E-state index is 0.0261. The molecular formula is C30H34O9. The summed E-state index contributed by atoms with van der Waals surface area (Å²) in [5.41, 5.74) is 1.30. The lowest BCUT2D eigenvalue weighted by molar-refractivity contribution is -0.137. The van der Waals surface area contributed by atoms with Crippen LogP contribution in [-0.2, 0) is 16.0 Å². The second kappa shape index (κ2) is 14.2. The van der Waals surface area contributed by atoms with Crippen molar-refractivity contribution in [1.29, 1.82) is 0 Å². The number of rotatable bonds is 16. The second-order valence-electron chi connectivity index (χ2n) is 8.92. The largest absolute Gasteiger partial charge is 0.507 e. The van der Waals surface area contributed by atoms with Gasteiger partial charge in [0.15, 0.2) is 11.6 Å². The number of hydrogen-bond acceptors (Lipinski definition) is 8. The fourth-order valence-electron chi connectivity index (χ4n) is 4.16. The highest BCUT2D eigenvalue weighted by atomic mass is 16.5. The summed E-state index contributed by atoms with van der Waals surface area (Å²) < 4.78 is 22.8. The molecule has 0 aliphatic heterocycles. The van der Waals surface area contributed by atoms with Gasteiger partial charge >= 0.3 is 5.97 Å². The van der Waals surface area contributed by atoms with E-state index in [9.17, 15) is 19.5 Å². The quantitative estimate of drug-likeness (QED) is 0.186. The zero-order valence-electron chi connectivity index (χ0n) is 22.5. The van der Waals surface area contributed by atoms with Crippen molar-refractivity contribution in [1.82, 2.24) is 0 Å². The molecule has 0 saturated heterocycles. The molecule has 9 nitrogen and oxygen atoms in total. The molecular weight excluding hydrogens is 504 g/mol. The van der Waals surface area contributed by atoms with Crippen molar-refractivity contribution in [2.24, 2.45) is 0 Å². The van der Waals surface area contributed by atoms with Crippen LogP contribution in [0.5, 0.6) is 23.0 Å². The van der Waals surface area contributed by atoms with Gasteiger partial charge in [-0.05, 0) is 61.4 Å². The second-order valence-corrected chi connectivity index (χ2v) is 8.92. The molecule has 0 amide bonds. The molecule has 3 aromatic rings. The molecule has 39 heavy (non-hydrogen) atoms. The molecule has 0 fully saturated rings. The summed E-state index contributed by atoms with van der Waals surface area (Å²) >= 11 is 0. The lowest BCUT2D eigenvalue weighted by Crippen LogP contribution is -2.13. The minimum Gasteiger partial charge on any atom is -0.507 e. The standard InChI is InChI=1S/C30H34O9/c1-4-5-24-26(11-9-23(19(2)31)30(24)35)38-16-14-36-15-17-39-27-10-7-21-6-8-22(37-13-12-28(33)34)18-25(21)29(27)20(3)32/h6-11,18,35H,4-5,12-17H2,1-3H3,(H,33,34). The number of aliphatic carboxylic acids is 1. The third-order valence-corrected chi connectivity index (χ3v) is 5.98. The predicted molar refractivity (Wildman–Crippen MR) is 146 cm³/mol. The Morgan fingerprint density at radius 2 is 1.46 bits per heavy atom. The van der Waals surface area contributed by atoms with Crippen LogP contribution < -0.4 is 14.2 Å². The van der Waals surface area contributed by atoms with E-state index < -0.39 is 5.97 Å². The molecule has 0 aliphatic carbocycles. The Balaban J connectivity index is 1.55. The monoisotopic (exact) mass is 538 g/mol. The molecule has 3 aromatic carbocycles. The molecule has 0 heterocycles. The van der Waals surface area contributed by atoms with E-state index in [-0.39, 0.29) is 62.3 Å². The highest BCUT2D eigenvalue weighted by Crippen LogP contribution is 2.33. The van der Waals surface area contributed by atoms with Gasteiger partial charge in [0.25, 0.3) is 0 Å². The van der Waals surface area contributed by atoms with Gasteiger partial charge < -0.3 is 29.2 Å². The summed E-state index contributed by atoms with van der Waals surface area (Å²) in [7, 11) is 0. The van der Waals surface area contributed by atoms with Crippen molar-refractivity contribution in [3.8, 4) is 23.0 Å². The van der Waals surface area contributed by atoms with Crippen LogP contribution in [0.1, 0.15) is 59.9 Å². The van der Waals surface area contributed by atoms with E-state index in [2.05, 4.69) is 0 Å². The van der Waals surface area contributed by atoms with Gasteiger partial charge in [-0.15, -0.1) is 0 Å². The third kappa shape index (κ3) is 7.94. The number of ether oxygens (including phenoxy) is 4. The number of carbonyl (C=O) groups excluding carboxylic acids is 2. The molecule has 9 heteroatoms. The van der Waals surface area contributed by atoms with Crippen molar-refractivity contribution in [2.45, 2.75) is 40.0 Å². The van der Waals surface area contributed by atoms with E-state index in [1.807, 2.05) is 19.1 Å². The summed E-state index contributed by atoms with van der Waals surface area (Å²) in [5.74, 6) is 0.0482. The molecule has 0 aromatic heterocycles. The molecule has 3 rings (SSSR count). The number of hydrogen-bond donors (Lipinski definition) is 2. The van der Waals surface area contributed by atoms with Crippen molar-refractivity contribution < 1.29 is 43.5 Å². The first-order chi connectivity index (χ1) is 18.7. The molecule has 0 aliphatic rings. The number of fused-ring (bicyclic) bond motifs is 1. The maximum absolute atomic E-state index is 12.5. The fourth-order valence-corrected chi connectivity index (χ4v) is 4.16. The van der Waals surface area contributed by atoms with Crippen LogP contribution >= 0.6 is 0 Å². The van der Waals surface area contributed by atoms with Gasteiger partial charge in [-0.3, -0.25) is 14.4 Å². The number of benzene rings is 3. The van der Waals surface area contributed by atoms with E-state index in [0.29, 0.717) is 40.2 Å². The van der Waals surface area contributed by atoms with E-state index in [4.69, 9.17) is 24.1 Å². The van der Waals surface area contributed by atoms with Crippen LogP contribution in [0.15, 0.2) is 42.5 Å². The lowest BCUT2D eigenvalue weighted by Gasteiger charge is -2.15. The summed E-state index contributed by atoms with van der Waals surface area (Å²) in [6.07, 6.45) is 1.24. The smallest absolute Gasteiger partial charge is 0.306 e. The number of phenolic OH excluding ortho intramolecular Hbond substituents is 1. The van der Waals surface area contributed by atoms with Crippen molar-refractivity contribution in [2.75, 3.05) is 33.0 Å². The highest BCUT2D eigenvalue weighted by Gasteiger charge is 2.16. The Labute approximate surface area is 227 Å². The first kappa shape index (κ1) is 29.4. The Morgan fingerprint density at radius 3 is 2.10 bits per heavy atom. The molecule has 0 atom stereocenters.